The number of hydrogen-bond donors (Lipinski definition) is 2. The molecule has 2 N–H and O–H groups in total. The fourth-order valence-corrected chi connectivity index (χ4v) is 3.91. The van der Waals surface area contributed by atoms with Crippen molar-refractivity contribution in [2.24, 2.45) is 0 Å². The van der Waals surface area contributed by atoms with Crippen LogP contribution in [0.25, 0.3) is 22.3 Å². The summed E-state index contributed by atoms with van der Waals surface area (Å²) in [5.41, 5.74) is 3.52. The maximum absolute atomic E-state index is 13.6. The van der Waals surface area contributed by atoms with Crippen LogP contribution in [0.1, 0.15) is 18.1 Å². The van der Waals surface area contributed by atoms with Crippen molar-refractivity contribution in [3.05, 3.63) is 75.9 Å². The Bertz CT molecular complexity index is 1570. The maximum Gasteiger partial charge on any atom is 0.262 e. The van der Waals surface area contributed by atoms with Gasteiger partial charge in [-0.3, -0.25) is 14.4 Å². The lowest BCUT2D eigenvalue weighted by atomic mass is 10.0. The fraction of sp³-hybridized carbons (Fsp3) is 0.207. The largest absolute Gasteiger partial charge is 0.493 e. The Labute approximate surface area is 219 Å². The molecule has 3 aromatic carbocycles. The monoisotopic (exact) mass is 516 g/mol. The molecule has 0 fully saturated rings. The van der Waals surface area contributed by atoms with Gasteiger partial charge in [-0.25, -0.2) is 0 Å². The van der Waals surface area contributed by atoms with Gasteiger partial charge in [0, 0.05) is 23.9 Å². The van der Waals surface area contributed by atoms with Crippen LogP contribution in [0, 0.1) is 13.8 Å². The van der Waals surface area contributed by atoms with Gasteiger partial charge in [-0.2, -0.15) is 0 Å². The highest BCUT2D eigenvalue weighted by atomic mass is 16.5. The predicted molar refractivity (Wildman–Crippen MR) is 145 cm³/mol. The maximum atomic E-state index is 13.6. The van der Waals surface area contributed by atoms with Crippen molar-refractivity contribution < 1.29 is 28.2 Å². The number of anilines is 2. The van der Waals surface area contributed by atoms with Gasteiger partial charge in [0.15, 0.2) is 23.9 Å². The first-order chi connectivity index (χ1) is 18.2. The van der Waals surface area contributed by atoms with E-state index in [1.807, 2.05) is 13.8 Å². The number of benzene rings is 3. The third kappa shape index (κ3) is 5.62. The van der Waals surface area contributed by atoms with Crippen LogP contribution in [0.2, 0.25) is 0 Å². The highest BCUT2D eigenvalue weighted by molar-refractivity contribution is 5.93. The number of rotatable bonds is 8. The summed E-state index contributed by atoms with van der Waals surface area (Å²) >= 11 is 0. The van der Waals surface area contributed by atoms with Crippen molar-refractivity contribution in [2.75, 3.05) is 31.5 Å². The Kier molecular flexibility index (Phi) is 7.66. The van der Waals surface area contributed by atoms with Gasteiger partial charge in [-0.15, -0.1) is 0 Å². The quantitative estimate of drug-likeness (QED) is 0.336. The summed E-state index contributed by atoms with van der Waals surface area (Å²) < 4.78 is 22.7. The van der Waals surface area contributed by atoms with E-state index in [0.717, 1.165) is 11.1 Å². The minimum Gasteiger partial charge on any atom is -0.493 e. The zero-order chi connectivity index (χ0) is 27.4. The van der Waals surface area contributed by atoms with E-state index in [4.69, 9.17) is 18.6 Å². The number of ether oxygens (including phenoxy) is 3. The molecule has 9 heteroatoms. The summed E-state index contributed by atoms with van der Waals surface area (Å²) in [7, 11) is 3.04. The summed E-state index contributed by atoms with van der Waals surface area (Å²) in [6.45, 7) is 4.81. The molecule has 1 heterocycles. The average molecular weight is 517 g/mol. The Morgan fingerprint density at radius 2 is 1.47 bits per heavy atom. The van der Waals surface area contributed by atoms with Gasteiger partial charge in [0.25, 0.3) is 5.91 Å². The second-order valence-corrected chi connectivity index (χ2v) is 8.69. The third-order valence-electron chi connectivity index (χ3n) is 5.95. The Hall–Kier alpha value is -4.79. The van der Waals surface area contributed by atoms with E-state index in [1.54, 1.807) is 54.6 Å². The standard InChI is InChI=1S/C29H28N2O7/c1-16-12-22-24(13-17(16)2)38-28(19-6-11-23(35-4)25(14-19)36-5)29(27(22)34)37-15-26(33)31-21-9-7-20(8-10-21)30-18(3)32/h6-14H,15H2,1-5H3,(H,30,32)(H,31,33). The molecule has 38 heavy (non-hydrogen) atoms. The van der Waals surface area contributed by atoms with E-state index >= 15 is 0 Å². The molecule has 0 saturated carbocycles. The number of methoxy groups -OCH3 is 2. The molecule has 0 atom stereocenters. The molecule has 0 spiro atoms. The normalized spacial score (nSPS) is 10.7. The molecule has 196 valence electrons. The van der Waals surface area contributed by atoms with Crippen LogP contribution in [-0.2, 0) is 9.59 Å². The second-order valence-electron chi connectivity index (χ2n) is 8.69. The van der Waals surface area contributed by atoms with Crippen molar-refractivity contribution >= 4 is 34.2 Å². The number of nitrogens with one attached hydrogen (secondary N) is 2. The number of aryl methyl sites for hydroxylation is 2. The van der Waals surface area contributed by atoms with Gasteiger partial charge in [-0.05, 0) is 79.6 Å². The Morgan fingerprint density at radius 3 is 2.11 bits per heavy atom. The first-order valence-electron chi connectivity index (χ1n) is 11.8. The van der Waals surface area contributed by atoms with Crippen molar-refractivity contribution in [1.82, 2.24) is 0 Å². The first kappa shape index (κ1) is 26.3. The highest BCUT2D eigenvalue weighted by Gasteiger charge is 2.21. The molecule has 4 rings (SSSR count). The topological polar surface area (TPSA) is 116 Å². The van der Waals surface area contributed by atoms with Crippen LogP contribution in [0.15, 0.2) is 63.8 Å². The summed E-state index contributed by atoms with van der Waals surface area (Å²) in [5, 5.41) is 5.72. The van der Waals surface area contributed by atoms with Gasteiger partial charge in [-0.1, -0.05) is 0 Å². The van der Waals surface area contributed by atoms with Gasteiger partial charge >= 0.3 is 0 Å². The van der Waals surface area contributed by atoms with Gasteiger partial charge < -0.3 is 29.3 Å². The lowest BCUT2D eigenvalue weighted by Crippen LogP contribution is -2.22. The smallest absolute Gasteiger partial charge is 0.262 e. The van der Waals surface area contributed by atoms with Gasteiger partial charge in [0.05, 0.1) is 19.6 Å². The second kappa shape index (κ2) is 11.1. The first-order valence-corrected chi connectivity index (χ1v) is 11.8. The van der Waals surface area contributed by atoms with Crippen LogP contribution in [0.5, 0.6) is 17.2 Å². The summed E-state index contributed by atoms with van der Waals surface area (Å²) in [4.78, 5) is 37.4. The van der Waals surface area contributed by atoms with Crippen LogP contribution in [0.3, 0.4) is 0 Å². The van der Waals surface area contributed by atoms with Crippen LogP contribution >= 0.6 is 0 Å². The Balaban J connectivity index is 1.67. The minimum absolute atomic E-state index is 0.0934. The van der Waals surface area contributed by atoms with E-state index in [2.05, 4.69) is 10.6 Å². The van der Waals surface area contributed by atoms with Crippen LogP contribution < -0.4 is 30.3 Å². The molecule has 0 saturated heterocycles. The van der Waals surface area contributed by atoms with Crippen LogP contribution in [0.4, 0.5) is 11.4 Å². The van der Waals surface area contributed by atoms with E-state index in [0.29, 0.717) is 39.4 Å². The number of carbonyl (C=O) groups excluding carboxylic acids is 2. The van der Waals surface area contributed by atoms with Crippen molar-refractivity contribution in [3.63, 3.8) is 0 Å². The van der Waals surface area contributed by atoms with Gasteiger partial charge in [0.2, 0.25) is 17.1 Å². The molecule has 2 amide bonds. The number of hydrogen-bond acceptors (Lipinski definition) is 7. The molecule has 4 aromatic rings. The minimum atomic E-state index is -0.477. The number of amides is 2. The van der Waals surface area contributed by atoms with Crippen molar-refractivity contribution in [1.29, 1.82) is 0 Å². The lowest BCUT2D eigenvalue weighted by molar-refractivity contribution is -0.118. The van der Waals surface area contributed by atoms with E-state index in [-0.39, 0.29) is 17.4 Å². The van der Waals surface area contributed by atoms with Crippen molar-refractivity contribution in [3.8, 4) is 28.6 Å². The molecular formula is C29H28N2O7. The lowest BCUT2D eigenvalue weighted by Gasteiger charge is -2.14. The molecule has 0 bridgehead atoms. The average Bonchev–Trinajstić information content (AvgIpc) is 2.89. The fourth-order valence-electron chi connectivity index (χ4n) is 3.91. The molecule has 1 aromatic heterocycles. The number of carbonyl (C=O) groups is 2. The molecular weight excluding hydrogens is 488 g/mol. The molecule has 9 nitrogen and oxygen atoms in total. The van der Waals surface area contributed by atoms with Gasteiger partial charge in [0.1, 0.15) is 5.58 Å². The van der Waals surface area contributed by atoms with E-state index in [1.165, 1.54) is 21.1 Å². The zero-order valence-electron chi connectivity index (χ0n) is 21.8. The molecule has 0 unspecified atom stereocenters. The third-order valence-corrected chi connectivity index (χ3v) is 5.95. The highest BCUT2D eigenvalue weighted by Crippen LogP contribution is 2.37. The number of fused-ring (bicyclic) bond motifs is 1. The Morgan fingerprint density at radius 1 is 0.842 bits per heavy atom. The SMILES string of the molecule is COc1ccc(-c2oc3cc(C)c(C)cc3c(=O)c2OCC(=O)Nc2ccc(NC(C)=O)cc2)cc1OC. The van der Waals surface area contributed by atoms with E-state index < -0.39 is 17.9 Å². The zero-order valence-corrected chi connectivity index (χ0v) is 21.8. The molecule has 0 aliphatic heterocycles. The van der Waals surface area contributed by atoms with Crippen LogP contribution in [-0.4, -0.2) is 32.6 Å². The molecule has 0 aliphatic rings. The summed E-state index contributed by atoms with van der Waals surface area (Å²) in [6.07, 6.45) is 0. The molecule has 0 radical (unpaired) electrons. The summed E-state index contributed by atoms with van der Waals surface area (Å²) in [5.74, 6) is 0.356. The predicted octanol–water partition coefficient (Wildman–Crippen LogP) is 5.07. The molecule has 0 aliphatic carbocycles. The summed E-state index contributed by atoms with van der Waals surface area (Å²) in [6, 6.07) is 15.3. The van der Waals surface area contributed by atoms with E-state index in [9.17, 15) is 14.4 Å². The van der Waals surface area contributed by atoms with Crippen molar-refractivity contribution in [2.45, 2.75) is 20.8 Å².